The lowest BCUT2D eigenvalue weighted by molar-refractivity contribution is -0.140. The van der Waals surface area contributed by atoms with Crippen LogP contribution in [0.4, 0.5) is 18.9 Å². The van der Waals surface area contributed by atoms with Gasteiger partial charge in [-0.1, -0.05) is 6.92 Å². The van der Waals surface area contributed by atoms with Crippen molar-refractivity contribution in [3.05, 3.63) is 23.3 Å². The van der Waals surface area contributed by atoms with Gasteiger partial charge in [0, 0.05) is 45.2 Å². The van der Waals surface area contributed by atoms with E-state index in [0.29, 0.717) is 13.0 Å². The number of alkyl halides is 3. The summed E-state index contributed by atoms with van der Waals surface area (Å²) in [5.74, 6) is -1.73. The second-order valence-electron chi connectivity index (χ2n) is 10.1. The molecule has 2 N–H and O–H groups in total. The second-order valence-corrected chi connectivity index (χ2v) is 10.1. The van der Waals surface area contributed by atoms with E-state index in [4.69, 9.17) is 9.47 Å². The van der Waals surface area contributed by atoms with E-state index in [1.54, 1.807) is 20.8 Å². The molecule has 0 aromatic heterocycles. The number of amides is 3. The monoisotopic (exact) mass is 542 g/mol. The minimum atomic E-state index is -4.85. The average Bonchev–Trinajstić information content (AvgIpc) is 2.85. The Morgan fingerprint density at radius 3 is 2.61 bits per heavy atom. The molecule has 12 heteroatoms. The third kappa shape index (κ3) is 6.23. The van der Waals surface area contributed by atoms with Crippen molar-refractivity contribution in [3.63, 3.8) is 0 Å². The highest BCUT2D eigenvalue weighted by atomic mass is 19.4. The molecule has 0 saturated carbocycles. The molecule has 3 rings (SSSR count). The van der Waals surface area contributed by atoms with E-state index in [1.807, 2.05) is 0 Å². The lowest BCUT2D eigenvalue weighted by atomic mass is 9.96. The first kappa shape index (κ1) is 29.7. The van der Waals surface area contributed by atoms with Crippen LogP contribution in [0.2, 0.25) is 0 Å². The number of nitrogens with one attached hydrogen (secondary N) is 2. The third-order valence-corrected chi connectivity index (χ3v) is 6.81. The molecule has 1 fully saturated rings. The van der Waals surface area contributed by atoms with Gasteiger partial charge in [-0.3, -0.25) is 14.4 Å². The van der Waals surface area contributed by atoms with E-state index in [2.05, 4.69) is 10.6 Å². The maximum atomic E-state index is 14.3. The number of hydrogen-bond donors (Lipinski definition) is 2. The predicted octanol–water partition coefficient (Wildman–Crippen LogP) is 2.96. The first-order valence-electron chi connectivity index (χ1n) is 12.9. The SMILES string of the molecule is CCC(=O)NCCN1C(=O)[C@](C)(COC)Oc2cc(C(F)(F)F)c(C(=O)N(C(C)C)[C@@H]3CCCNC3)cc21. The molecule has 3 amide bonds. The van der Waals surface area contributed by atoms with Crippen LogP contribution in [0.3, 0.4) is 0 Å². The van der Waals surface area contributed by atoms with Gasteiger partial charge < -0.3 is 29.9 Å². The van der Waals surface area contributed by atoms with Gasteiger partial charge in [0.15, 0.2) is 0 Å². The molecule has 0 spiro atoms. The molecule has 9 nitrogen and oxygen atoms in total. The zero-order chi connectivity index (χ0) is 28.3. The van der Waals surface area contributed by atoms with Crippen molar-refractivity contribution in [2.75, 3.05) is 44.8 Å². The smallest absolute Gasteiger partial charge is 0.417 e. The number of ether oxygens (including phenoxy) is 2. The van der Waals surface area contributed by atoms with Gasteiger partial charge in [0.05, 0.1) is 23.4 Å². The normalized spacial score (nSPS) is 21.7. The molecule has 0 bridgehead atoms. The van der Waals surface area contributed by atoms with E-state index >= 15 is 0 Å². The van der Waals surface area contributed by atoms with Gasteiger partial charge in [0.25, 0.3) is 11.8 Å². The molecular weight excluding hydrogens is 505 g/mol. The van der Waals surface area contributed by atoms with E-state index < -0.39 is 34.7 Å². The molecule has 1 saturated heterocycles. The molecular formula is C26H37F3N4O5. The first-order chi connectivity index (χ1) is 17.8. The minimum absolute atomic E-state index is 0.0281. The molecule has 2 aliphatic rings. The van der Waals surface area contributed by atoms with Gasteiger partial charge in [-0.25, -0.2) is 0 Å². The molecule has 212 valence electrons. The molecule has 1 aromatic carbocycles. The third-order valence-electron chi connectivity index (χ3n) is 6.81. The van der Waals surface area contributed by atoms with Crippen LogP contribution in [-0.2, 0) is 20.5 Å². The van der Waals surface area contributed by atoms with Crippen LogP contribution in [0.1, 0.15) is 62.9 Å². The number of carbonyl (C=O) groups is 3. The van der Waals surface area contributed by atoms with E-state index in [9.17, 15) is 27.6 Å². The van der Waals surface area contributed by atoms with Crippen molar-refractivity contribution >= 4 is 23.4 Å². The van der Waals surface area contributed by atoms with Crippen molar-refractivity contribution in [1.82, 2.24) is 15.5 Å². The molecule has 2 heterocycles. The topological polar surface area (TPSA) is 100 Å². The number of piperidine rings is 1. The molecule has 1 aromatic rings. The maximum absolute atomic E-state index is 14.3. The highest BCUT2D eigenvalue weighted by Crippen LogP contribution is 2.44. The molecule has 38 heavy (non-hydrogen) atoms. The Balaban J connectivity index is 2.13. The summed E-state index contributed by atoms with van der Waals surface area (Å²) in [7, 11) is 1.35. The van der Waals surface area contributed by atoms with Crippen LogP contribution >= 0.6 is 0 Å². The van der Waals surface area contributed by atoms with Crippen LogP contribution in [0.25, 0.3) is 0 Å². The Labute approximate surface area is 221 Å². The lowest BCUT2D eigenvalue weighted by Crippen LogP contribution is -2.58. The van der Waals surface area contributed by atoms with Gasteiger partial charge in [0.1, 0.15) is 5.75 Å². The van der Waals surface area contributed by atoms with E-state index in [1.165, 1.54) is 23.8 Å². The van der Waals surface area contributed by atoms with E-state index in [-0.39, 0.29) is 55.5 Å². The predicted molar refractivity (Wildman–Crippen MR) is 135 cm³/mol. The number of hydrogen-bond acceptors (Lipinski definition) is 6. The Kier molecular flexibility index (Phi) is 9.30. The lowest BCUT2D eigenvalue weighted by Gasteiger charge is -2.41. The fraction of sp³-hybridized carbons (Fsp3) is 0.654. The summed E-state index contributed by atoms with van der Waals surface area (Å²) in [6, 6.07) is 1.26. The van der Waals surface area contributed by atoms with Gasteiger partial charge in [-0.15, -0.1) is 0 Å². The van der Waals surface area contributed by atoms with Crippen molar-refractivity contribution in [3.8, 4) is 5.75 Å². The van der Waals surface area contributed by atoms with Gasteiger partial charge in [-0.2, -0.15) is 13.2 Å². The van der Waals surface area contributed by atoms with Crippen molar-refractivity contribution in [1.29, 1.82) is 0 Å². The number of benzene rings is 1. The highest BCUT2D eigenvalue weighted by Gasteiger charge is 2.47. The van der Waals surface area contributed by atoms with Crippen LogP contribution < -0.4 is 20.3 Å². The van der Waals surface area contributed by atoms with Crippen LogP contribution in [0, 0.1) is 0 Å². The Morgan fingerprint density at radius 2 is 2.05 bits per heavy atom. The van der Waals surface area contributed by atoms with Gasteiger partial charge >= 0.3 is 6.18 Å². The number of fused-ring (bicyclic) bond motifs is 1. The largest absolute Gasteiger partial charge is 0.473 e. The summed E-state index contributed by atoms with van der Waals surface area (Å²) >= 11 is 0. The Morgan fingerprint density at radius 1 is 1.34 bits per heavy atom. The summed E-state index contributed by atoms with van der Waals surface area (Å²) in [6.45, 7) is 7.75. The summed E-state index contributed by atoms with van der Waals surface area (Å²) in [5.41, 5.74) is -3.24. The van der Waals surface area contributed by atoms with Crippen molar-refractivity contribution < 1.29 is 37.0 Å². The zero-order valence-corrected chi connectivity index (χ0v) is 22.5. The number of nitrogens with zero attached hydrogens (tertiary/aromatic N) is 2. The molecule has 0 aliphatic carbocycles. The maximum Gasteiger partial charge on any atom is 0.417 e. The second kappa shape index (κ2) is 11.9. The fourth-order valence-corrected chi connectivity index (χ4v) is 5.01. The number of rotatable bonds is 9. The summed E-state index contributed by atoms with van der Waals surface area (Å²) in [5, 5.41) is 5.88. The van der Waals surface area contributed by atoms with Crippen molar-refractivity contribution in [2.45, 2.75) is 70.8 Å². The number of carbonyl (C=O) groups excluding carboxylic acids is 3. The standard InChI is InChI=1S/C26H37F3N4O5/c1-6-22(34)31-10-11-32-20-12-18(23(35)33(16(2)3)17-8-7-9-30-14-17)19(26(27,28)29)13-21(20)38-25(4,15-37-5)24(32)36/h12-13,16-17,30H,6-11,14-15H2,1-5H3,(H,31,34)/t17-,25+/m1/s1. The number of anilines is 1. The van der Waals surface area contributed by atoms with Gasteiger partial charge in [0.2, 0.25) is 11.5 Å². The average molecular weight is 543 g/mol. The fourth-order valence-electron chi connectivity index (χ4n) is 5.01. The molecule has 2 aliphatic heterocycles. The van der Waals surface area contributed by atoms with Crippen LogP contribution in [-0.4, -0.2) is 80.2 Å². The summed E-state index contributed by atoms with van der Waals surface area (Å²) in [4.78, 5) is 41.8. The summed E-state index contributed by atoms with van der Waals surface area (Å²) in [6.07, 6.45) is -3.14. The molecule has 2 atom stereocenters. The minimum Gasteiger partial charge on any atom is -0.473 e. The van der Waals surface area contributed by atoms with E-state index in [0.717, 1.165) is 25.1 Å². The van der Waals surface area contributed by atoms with Gasteiger partial charge in [-0.05, 0) is 52.3 Å². The quantitative estimate of drug-likeness (QED) is 0.498. The zero-order valence-electron chi connectivity index (χ0n) is 22.5. The van der Waals surface area contributed by atoms with Crippen LogP contribution in [0.15, 0.2) is 12.1 Å². The number of methoxy groups -OCH3 is 1. The Bertz CT molecular complexity index is 1040. The van der Waals surface area contributed by atoms with Crippen molar-refractivity contribution in [2.24, 2.45) is 0 Å². The number of halogens is 3. The highest BCUT2D eigenvalue weighted by molar-refractivity contribution is 6.05. The Hall–Kier alpha value is -2.86. The first-order valence-corrected chi connectivity index (χ1v) is 12.9. The summed E-state index contributed by atoms with van der Waals surface area (Å²) < 4.78 is 54.0. The molecule has 0 unspecified atom stereocenters. The van der Waals surface area contributed by atoms with Crippen LogP contribution in [0.5, 0.6) is 5.75 Å². The molecule has 0 radical (unpaired) electrons.